The van der Waals surface area contributed by atoms with Crippen LogP contribution in [0.15, 0.2) is 36.4 Å². The summed E-state index contributed by atoms with van der Waals surface area (Å²) in [5.41, 5.74) is 3.19. The summed E-state index contributed by atoms with van der Waals surface area (Å²) in [4.78, 5) is 23.6. The number of allylic oxidation sites excluding steroid dienone is 1. The quantitative estimate of drug-likeness (QED) is 0.728. The molecule has 1 amide bonds. The summed E-state index contributed by atoms with van der Waals surface area (Å²) < 4.78 is 1.75. The molecule has 2 rings (SSSR count). The fourth-order valence-electron chi connectivity index (χ4n) is 2.66. The number of carbonyl (C=O) groups excluding carboxylic acids is 1. The molecule has 1 aromatic heterocycles. The molecular weight excluding hydrogens is 354 g/mol. The predicted molar refractivity (Wildman–Crippen MR) is 101 cm³/mol. The fraction of sp³-hybridized carbons (Fsp3) is 0.316. The molecule has 1 aromatic carbocycles. The molecule has 2 N–H and O–H groups in total. The Hall–Kier alpha value is -2.60. The number of carboxylic acid groups (broad SMARTS) is 1. The number of carbonyl (C=O) groups is 2. The molecule has 0 spiro atoms. The van der Waals surface area contributed by atoms with Gasteiger partial charge in [0.25, 0.3) is 0 Å². The number of carboxylic acids is 1. The minimum absolute atomic E-state index is 0.0743. The van der Waals surface area contributed by atoms with Gasteiger partial charge in [-0.05, 0) is 51.5 Å². The van der Waals surface area contributed by atoms with Gasteiger partial charge in [0, 0.05) is 16.3 Å². The van der Waals surface area contributed by atoms with Crippen LogP contribution in [0.2, 0.25) is 5.02 Å². The summed E-state index contributed by atoms with van der Waals surface area (Å²) in [6, 6.07) is 6.31. The van der Waals surface area contributed by atoms with Gasteiger partial charge in [0.2, 0.25) is 5.91 Å². The van der Waals surface area contributed by atoms with Crippen LogP contribution in [-0.4, -0.2) is 32.8 Å². The molecule has 0 radical (unpaired) electrons. The Morgan fingerprint density at radius 1 is 1.31 bits per heavy atom. The molecule has 6 nitrogen and oxygen atoms in total. The maximum absolute atomic E-state index is 12.3. The van der Waals surface area contributed by atoms with Gasteiger partial charge >= 0.3 is 5.97 Å². The number of nitrogens with zero attached hydrogens (tertiary/aromatic N) is 2. The van der Waals surface area contributed by atoms with Gasteiger partial charge in [-0.3, -0.25) is 4.79 Å². The fourth-order valence-corrected chi connectivity index (χ4v) is 2.79. The van der Waals surface area contributed by atoms with Crippen molar-refractivity contribution in [3.05, 3.63) is 58.4 Å². The largest absolute Gasteiger partial charge is 0.480 e. The van der Waals surface area contributed by atoms with E-state index >= 15 is 0 Å². The topological polar surface area (TPSA) is 84.2 Å². The zero-order valence-corrected chi connectivity index (χ0v) is 15.7. The maximum atomic E-state index is 12.3. The Bertz CT molecular complexity index is 825. The summed E-state index contributed by atoms with van der Waals surface area (Å²) in [5.74, 6) is -1.40. The number of nitrogens with one attached hydrogen (secondary N) is 1. The normalized spacial score (nSPS) is 12.3. The second-order valence-corrected chi connectivity index (χ2v) is 6.41. The first-order chi connectivity index (χ1) is 12.3. The molecule has 0 aliphatic carbocycles. The zero-order valence-electron chi connectivity index (χ0n) is 15.0. The van der Waals surface area contributed by atoms with E-state index < -0.39 is 12.0 Å². The highest BCUT2D eigenvalue weighted by atomic mass is 35.5. The first-order valence-electron chi connectivity index (χ1n) is 8.27. The van der Waals surface area contributed by atoms with Crippen LogP contribution in [0.5, 0.6) is 0 Å². The first kappa shape index (κ1) is 19.7. The second kappa shape index (κ2) is 8.67. The number of aliphatic carboxylic acids is 1. The molecule has 0 bridgehead atoms. The predicted octanol–water partition coefficient (Wildman–Crippen LogP) is 3.22. The van der Waals surface area contributed by atoms with Gasteiger partial charge in [0.15, 0.2) is 0 Å². The molecule has 0 fully saturated rings. The van der Waals surface area contributed by atoms with Crippen molar-refractivity contribution < 1.29 is 14.7 Å². The Labute approximate surface area is 157 Å². The molecule has 0 saturated carbocycles. The van der Waals surface area contributed by atoms with Gasteiger partial charge in [-0.1, -0.05) is 23.8 Å². The summed E-state index contributed by atoms with van der Waals surface area (Å²) in [6.07, 6.45) is 3.80. The molecule has 26 heavy (non-hydrogen) atoms. The van der Waals surface area contributed by atoms with Crippen molar-refractivity contribution in [1.82, 2.24) is 15.1 Å². The van der Waals surface area contributed by atoms with Crippen LogP contribution >= 0.6 is 11.6 Å². The maximum Gasteiger partial charge on any atom is 0.326 e. The van der Waals surface area contributed by atoms with E-state index in [4.69, 9.17) is 11.6 Å². The van der Waals surface area contributed by atoms with E-state index in [9.17, 15) is 14.7 Å². The number of rotatable bonds is 7. The summed E-state index contributed by atoms with van der Waals surface area (Å²) in [7, 11) is 0. The van der Waals surface area contributed by atoms with Crippen LogP contribution in [0.3, 0.4) is 0 Å². The summed E-state index contributed by atoms with van der Waals surface area (Å²) in [5, 5.41) is 16.9. The number of amides is 1. The van der Waals surface area contributed by atoms with Crippen LogP contribution < -0.4 is 5.32 Å². The lowest BCUT2D eigenvalue weighted by molar-refractivity contribution is -0.141. The number of halogens is 1. The first-order valence-corrected chi connectivity index (χ1v) is 8.65. The van der Waals surface area contributed by atoms with Crippen molar-refractivity contribution in [2.45, 2.75) is 39.7 Å². The van der Waals surface area contributed by atoms with Gasteiger partial charge in [0.05, 0.1) is 17.8 Å². The third-order valence-electron chi connectivity index (χ3n) is 4.09. The van der Waals surface area contributed by atoms with E-state index in [1.165, 1.54) is 0 Å². The van der Waals surface area contributed by atoms with Gasteiger partial charge in [-0.15, -0.1) is 0 Å². The van der Waals surface area contributed by atoms with Crippen LogP contribution in [0.1, 0.15) is 30.3 Å². The summed E-state index contributed by atoms with van der Waals surface area (Å²) >= 11 is 5.92. The molecule has 0 saturated heterocycles. The van der Waals surface area contributed by atoms with Crippen LogP contribution in [0.25, 0.3) is 5.69 Å². The molecule has 2 aromatic rings. The monoisotopic (exact) mass is 375 g/mol. The Morgan fingerprint density at radius 3 is 2.54 bits per heavy atom. The molecule has 1 atom stereocenters. The van der Waals surface area contributed by atoms with Crippen molar-refractivity contribution in [3.63, 3.8) is 0 Å². The summed E-state index contributed by atoms with van der Waals surface area (Å²) in [6.45, 7) is 5.51. The highest BCUT2D eigenvalue weighted by Gasteiger charge is 2.21. The van der Waals surface area contributed by atoms with Crippen LogP contribution in [0, 0.1) is 13.8 Å². The lowest BCUT2D eigenvalue weighted by Gasteiger charge is -2.13. The zero-order chi connectivity index (χ0) is 19.3. The lowest BCUT2D eigenvalue weighted by atomic mass is 10.1. The minimum Gasteiger partial charge on any atom is -0.480 e. The highest BCUT2D eigenvalue weighted by Crippen LogP contribution is 2.20. The highest BCUT2D eigenvalue weighted by molar-refractivity contribution is 6.30. The SMILES string of the molecule is C/C=C/CC(NC(=O)Cc1c(C)nn(-c2ccc(Cl)cc2)c1C)C(=O)O. The van der Waals surface area contributed by atoms with Gasteiger partial charge in [-0.2, -0.15) is 5.10 Å². The van der Waals surface area contributed by atoms with E-state index in [1.807, 2.05) is 26.0 Å². The Balaban J connectivity index is 2.17. The molecule has 138 valence electrons. The van der Waals surface area contributed by atoms with Crippen LogP contribution in [0.4, 0.5) is 0 Å². The lowest BCUT2D eigenvalue weighted by Crippen LogP contribution is -2.41. The molecule has 1 unspecified atom stereocenters. The van der Waals surface area contributed by atoms with Gasteiger partial charge in [-0.25, -0.2) is 9.48 Å². The van der Waals surface area contributed by atoms with E-state index in [0.29, 0.717) is 5.02 Å². The average Bonchev–Trinajstić information content (AvgIpc) is 2.87. The molecule has 0 aliphatic rings. The van der Waals surface area contributed by atoms with Crippen LogP contribution in [-0.2, 0) is 16.0 Å². The molecule has 0 aliphatic heterocycles. The van der Waals surface area contributed by atoms with Crippen molar-refractivity contribution >= 4 is 23.5 Å². The van der Waals surface area contributed by atoms with Crippen molar-refractivity contribution in [2.75, 3.05) is 0 Å². The number of aryl methyl sites for hydroxylation is 1. The van der Waals surface area contributed by atoms with Crippen molar-refractivity contribution in [2.24, 2.45) is 0 Å². The molecule has 1 heterocycles. The second-order valence-electron chi connectivity index (χ2n) is 5.98. The van der Waals surface area contributed by atoms with E-state index in [2.05, 4.69) is 10.4 Å². The third kappa shape index (κ3) is 4.73. The number of aromatic nitrogens is 2. The number of hydrogen-bond acceptors (Lipinski definition) is 3. The number of benzene rings is 1. The molecular formula is C19H22ClN3O3. The van der Waals surface area contributed by atoms with Gasteiger partial charge < -0.3 is 10.4 Å². The van der Waals surface area contributed by atoms with E-state index in [1.54, 1.807) is 35.9 Å². The minimum atomic E-state index is -1.05. The Kier molecular flexibility index (Phi) is 6.58. The van der Waals surface area contributed by atoms with E-state index in [-0.39, 0.29) is 18.7 Å². The van der Waals surface area contributed by atoms with Crippen molar-refractivity contribution in [3.8, 4) is 5.69 Å². The standard InChI is InChI=1S/C19H22ClN3O3/c1-4-5-6-17(19(25)26)21-18(24)11-16-12(2)22-23(13(16)3)15-9-7-14(20)8-10-15/h4-5,7-10,17H,6,11H2,1-3H3,(H,21,24)(H,25,26)/b5-4+. The van der Waals surface area contributed by atoms with E-state index in [0.717, 1.165) is 22.6 Å². The van der Waals surface area contributed by atoms with Crippen molar-refractivity contribution in [1.29, 1.82) is 0 Å². The Morgan fingerprint density at radius 2 is 1.96 bits per heavy atom. The molecule has 7 heteroatoms. The number of hydrogen-bond donors (Lipinski definition) is 2. The average molecular weight is 376 g/mol. The third-order valence-corrected chi connectivity index (χ3v) is 4.34. The van der Waals surface area contributed by atoms with Gasteiger partial charge in [0.1, 0.15) is 6.04 Å². The smallest absolute Gasteiger partial charge is 0.326 e.